The minimum atomic E-state index is -0.927. The molecule has 3 aromatic rings. The lowest BCUT2D eigenvalue weighted by molar-refractivity contribution is -0.252. The first-order chi connectivity index (χ1) is 17.8. The normalized spacial score (nSPS) is 19.5. The van der Waals surface area contributed by atoms with Crippen LogP contribution >= 0.6 is 23.2 Å². The number of carbonyl (C=O) groups is 2. The van der Waals surface area contributed by atoms with E-state index in [2.05, 4.69) is 10.3 Å². The van der Waals surface area contributed by atoms with Crippen LogP contribution in [0.3, 0.4) is 0 Å². The topological polar surface area (TPSA) is 123 Å². The molecule has 3 atom stereocenters. The third kappa shape index (κ3) is 7.30. The van der Waals surface area contributed by atoms with Crippen LogP contribution in [0.5, 0.6) is 0 Å². The number of ether oxygens (including phenoxy) is 2. The van der Waals surface area contributed by atoms with Crippen molar-refractivity contribution < 1.29 is 29.3 Å². The van der Waals surface area contributed by atoms with Crippen LogP contribution < -0.4 is 5.32 Å². The van der Waals surface area contributed by atoms with E-state index in [1.165, 1.54) is 0 Å². The summed E-state index contributed by atoms with van der Waals surface area (Å²) < 4.78 is 14.3. The molecule has 1 saturated heterocycles. The molecule has 2 heterocycles. The first kappa shape index (κ1) is 27.1. The lowest BCUT2D eigenvalue weighted by atomic mass is 10.00. The molecule has 1 aliphatic rings. The molecular formula is C26H27Cl2N3O6. The Morgan fingerprint density at radius 2 is 1.73 bits per heavy atom. The third-order valence-electron chi connectivity index (χ3n) is 6.01. The van der Waals surface area contributed by atoms with Gasteiger partial charge >= 0.3 is 5.97 Å². The van der Waals surface area contributed by atoms with Crippen molar-refractivity contribution in [1.29, 1.82) is 0 Å². The highest BCUT2D eigenvalue weighted by Gasteiger charge is 2.33. The van der Waals surface area contributed by atoms with Crippen LogP contribution in [-0.2, 0) is 32.2 Å². The number of hydrogen-bond donors (Lipinski definition) is 3. The molecule has 3 N–H and O–H groups in total. The van der Waals surface area contributed by atoms with Gasteiger partial charge in [-0.1, -0.05) is 59.6 Å². The van der Waals surface area contributed by atoms with E-state index in [1.54, 1.807) is 23.0 Å². The molecule has 196 valence electrons. The second-order valence-corrected chi connectivity index (χ2v) is 9.46. The number of imidazole rings is 1. The van der Waals surface area contributed by atoms with E-state index in [0.717, 1.165) is 16.7 Å². The van der Waals surface area contributed by atoms with Gasteiger partial charge in [0.25, 0.3) is 0 Å². The molecule has 9 nitrogen and oxygen atoms in total. The predicted molar refractivity (Wildman–Crippen MR) is 137 cm³/mol. The van der Waals surface area contributed by atoms with Crippen LogP contribution in [0.25, 0.3) is 0 Å². The largest absolute Gasteiger partial charge is 0.481 e. The molecule has 0 bridgehead atoms. The zero-order valence-electron chi connectivity index (χ0n) is 19.8. The van der Waals surface area contributed by atoms with Crippen molar-refractivity contribution in [3.05, 3.63) is 81.9 Å². The van der Waals surface area contributed by atoms with E-state index in [-0.39, 0.29) is 49.1 Å². The fourth-order valence-corrected chi connectivity index (χ4v) is 4.38. The summed E-state index contributed by atoms with van der Waals surface area (Å²) in [4.78, 5) is 26.7. The van der Waals surface area contributed by atoms with E-state index in [9.17, 15) is 14.7 Å². The Balaban J connectivity index is 1.48. The van der Waals surface area contributed by atoms with Gasteiger partial charge in [-0.3, -0.25) is 9.59 Å². The van der Waals surface area contributed by atoms with Crippen molar-refractivity contribution >= 4 is 40.8 Å². The Hall–Kier alpha value is -2.95. The van der Waals surface area contributed by atoms with E-state index in [0.29, 0.717) is 23.8 Å². The van der Waals surface area contributed by atoms with Crippen molar-refractivity contribution in [2.24, 2.45) is 0 Å². The molecular weight excluding hydrogens is 521 g/mol. The Kier molecular flexibility index (Phi) is 9.18. The monoisotopic (exact) mass is 547 g/mol. The number of aromatic nitrogens is 2. The van der Waals surface area contributed by atoms with Gasteiger partial charge in [0.05, 0.1) is 31.7 Å². The van der Waals surface area contributed by atoms with Gasteiger partial charge < -0.3 is 29.6 Å². The first-order valence-electron chi connectivity index (χ1n) is 11.8. The number of carboxylic acids is 1. The quantitative estimate of drug-likeness (QED) is 0.321. The SMILES string of the molecule is O=C(O)CCCC(=O)Nc1ccc([C@@H]2O[C@H](Cn3cnc(Cl)c3Cl)C[C@H](c3ccc(CO)cc3)O2)cc1. The first-order valence-corrected chi connectivity index (χ1v) is 12.6. The molecule has 1 fully saturated rings. The summed E-state index contributed by atoms with van der Waals surface area (Å²) in [6, 6.07) is 14.7. The molecule has 1 aromatic heterocycles. The molecule has 4 rings (SSSR count). The van der Waals surface area contributed by atoms with E-state index >= 15 is 0 Å². The third-order valence-corrected chi connectivity index (χ3v) is 6.78. The van der Waals surface area contributed by atoms with Gasteiger partial charge in [-0.15, -0.1) is 0 Å². The standard InChI is InChI=1S/C26H27Cl2N3O6/c27-24-25(28)31(15-29-24)13-20-12-21(17-6-4-16(14-32)5-7-17)37-26(36-20)18-8-10-19(11-9-18)30-22(33)2-1-3-23(34)35/h4-11,15,20-21,26,32H,1-3,12-14H2,(H,30,33)(H,34,35)/t20-,21+,26+/m0/s1. The van der Waals surface area contributed by atoms with Crippen molar-refractivity contribution in [2.75, 3.05) is 5.32 Å². The molecule has 37 heavy (non-hydrogen) atoms. The number of aliphatic hydroxyl groups is 1. The van der Waals surface area contributed by atoms with Crippen LogP contribution in [0.2, 0.25) is 10.3 Å². The van der Waals surface area contributed by atoms with Crippen LogP contribution in [0.15, 0.2) is 54.9 Å². The van der Waals surface area contributed by atoms with E-state index in [1.807, 2.05) is 36.4 Å². The second kappa shape index (κ2) is 12.5. The minimum Gasteiger partial charge on any atom is -0.481 e. The number of amides is 1. The zero-order valence-corrected chi connectivity index (χ0v) is 21.4. The molecule has 2 aromatic carbocycles. The van der Waals surface area contributed by atoms with Gasteiger partial charge in [0.2, 0.25) is 5.91 Å². The maximum atomic E-state index is 12.1. The molecule has 0 unspecified atom stereocenters. The second-order valence-electron chi connectivity index (χ2n) is 8.75. The summed E-state index contributed by atoms with van der Waals surface area (Å²) in [5.74, 6) is -1.18. The number of halogens is 2. The fourth-order valence-electron chi connectivity index (χ4n) is 4.07. The Labute approximate surface area is 223 Å². The summed E-state index contributed by atoms with van der Waals surface area (Å²) in [5.41, 5.74) is 3.12. The molecule has 0 spiro atoms. The maximum Gasteiger partial charge on any atom is 0.303 e. The number of benzene rings is 2. The fraction of sp³-hybridized carbons (Fsp3) is 0.346. The number of aliphatic carboxylic acids is 1. The average Bonchev–Trinajstić information content (AvgIpc) is 3.21. The summed E-state index contributed by atoms with van der Waals surface area (Å²) in [6.07, 6.45) is 1.26. The van der Waals surface area contributed by atoms with Crippen molar-refractivity contribution in [2.45, 2.75) is 57.3 Å². The highest BCUT2D eigenvalue weighted by molar-refractivity contribution is 6.40. The van der Waals surface area contributed by atoms with Crippen LogP contribution in [0.4, 0.5) is 5.69 Å². The average molecular weight is 548 g/mol. The maximum absolute atomic E-state index is 12.1. The van der Waals surface area contributed by atoms with Crippen LogP contribution in [-0.4, -0.2) is 37.7 Å². The summed E-state index contributed by atoms with van der Waals surface area (Å²) >= 11 is 12.3. The molecule has 0 saturated carbocycles. The number of nitrogens with zero attached hydrogens (tertiary/aromatic N) is 2. The van der Waals surface area contributed by atoms with Crippen molar-refractivity contribution in [1.82, 2.24) is 9.55 Å². The van der Waals surface area contributed by atoms with Gasteiger partial charge in [0.1, 0.15) is 5.15 Å². The highest BCUT2D eigenvalue weighted by atomic mass is 35.5. The Bertz CT molecular complexity index is 1220. The highest BCUT2D eigenvalue weighted by Crippen LogP contribution is 2.39. The minimum absolute atomic E-state index is 0.0392. The number of rotatable bonds is 10. The molecule has 0 aliphatic carbocycles. The van der Waals surface area contributed by atoms with Gasteiger partial charge in [-0.25, -0.2) is 4.98 Å². The predicted octanol–water partition coefficient (Wildman–Crippen LogP) is 5.12. The molecule has 11 heteroatoms. The van der Waals surface area contributed by atoms with Crippen molar-refractivity contribution in [3.63, 3.8) is 0 Å². The van der Waals surface area contributed by atoms with E-state index < -0.39 is 12.3 Å². The van der Waals surface area contributed by atoms with E-state index in [4.69, 9.17) is 37.8 Å². The number of carbonyl (C=O) groups excluding carboxylic acids is 1. The van der Waals surface area contributed by atoms with Gasteiger partial charge in [0.15, 0.2) is 11.4 Å². The Morgan fingerprint density at radius 1 is 1.03 bits per heavy atom. The van der Waals surface area contributed by atoms with Gasteiger partial charge in [-0.2, -0.15) is 0 Å². The van der Waals surface area contributed by atoms with Crippen molar-refractivity contribution in [3.8, 4) is 0 Å². The Morgan fingerprint density at radius 3 is 2.35 bits per heavy atom. The molecule has 1 amide bonds. The number of anilines is 1. The van der Waals surface area contributed by atoms with Crippen LogP contribution in [0.1, 0.15) is 54.8 Å². The van der Waals surface area contributed by atoms with Crippen LogP contribution in [0, 0.1) is 0 Å². The number of aliphatic hydroxyl groups excluding tert-OH is 1. The zero-order chi connectivity index (χ0) is 26.4. The summed E-state index contributed by atoms with van der Waals surface area (Å²) in [5, 5.41) is 21.4. The summed E-state index contributed by atoms with van der Waals surface area (Å²) in [6.45, 7) is 0.386. The number of nitrogens with one attached hydrogen (secondary N) is 1. The number of hydrogen-bond acceptors (Lipinski definition) is 6. The summed E-state index contributed by atoms with van der Waals surface area (Å²) in [7, 11) is 0. The smallest absolute Gasteiger partial charge is 0.303 e. The molecule has 1 aliphatic heterocycles. The molecule has 0 radical (unpaired) electrons. The van der Waals surface area contributed by atoms with Gasteiger partial charge in [0, 0.05) is 30.5 Å². The van der Waals surface area contributed by atoms with Gasteiger partial charge in [-0.05, 0) is 29.7 Å². The number of carboxylic acid groups (broad SMARTS) is 1. The lowest BCUT2D eigenvalue weighted by Gasteiger charge is -2.36. The lowest BCUT2D eigenvalue weighted by Crippen LogP contribution is -2.32.